The molecule has 0 aliphatic rings. The van der Waals surface area contributed by atoms with Crippen LogP contribution in [-0.2, 0) is 13.0 Å². The quantitative estimate of drug-likeness (QED) is 0.479. The second kappa shape index (κ2) is 7.22. The minimum absolute atomic E-state index is 0.743. The predicted octanol–water partition coefficient (Wildman–Crippen LogP) is 5.34. The Bertz CT molecular complexity index is 1040. The van der Waals surface area contributed by atoms with E-state index in [9.17, 15) is 0 Å². The number of benzene rings is 3. The minimum Gasteiger partial charge on any atom is -0.497 e. The minimum atomic E-state index is 0.743. The van der Waals surface area contributed by atoms with E-state index in [2.05, 4.69) is 41.0 Å². The van der Waals surface area contributed by atoms with Gasteiger partial charge < -0.3 is 9.30 Å². The molecule has 0 saturated heterocycles. The Morgan fingerprint density at radius 3 is 2.50 bits per heavy atom. The van der Waals surface area contributed by atoms with E-state index >= 15 is 0 Å². The molecule has 4 rings (SSSR count). The van der Waals surface area contributed by atoms with E-state index in [1.54, 1.807) is 7.11 Å². The number of imidazole rings is 1. The number of rotatable bonds is 5. The van der Waals surface area contributed by atoms with Gasteiger partial charge in [0.15, 0.2) is 0 Å². The lowest BCUT2D eigenvalue weighted by atomic mass is 10.1. The number of aromatic nitrogens is 2. The van der Waals surface area contributed by atoms with Gasteiger partial charge >= 0.3 is 0 Å². The normalized spacial score (nSPS) is 11.0. The van der Waals surface area contributed by atoms with E-state index in [0.29, 0.717) is 0 Å². The molecular weight excluding hydrogens is 344 g/mol. The van der Waals surface area contributed by atoms with Gasteiger partial charge in [0.25, 0.3) is 0 Å². The molecule has 0 N–H and O–H groups in total. The van der Waals surface area contributed by atoms with E-state index in [-0.39, 0.29) is 0 Å². The van der Waals surface area contributed by atoms with Crippen LogP contribution in [0, 0.1) is 0 Å². The summed E-state index contributed by atoms with van der Waals surface area (Å²) in [6.45, 7) is 0.743. The highest BCUT2D eigenvalue weighted by molar-refractivity contribution is 6.30. The fourth-order valence-electron chi connectivity index (χ4n) is 3.18. The van der Waals surface area contributed by atoms with Crippen LogP contribution in [0.25, 0.3) is 11.0 Å². The summed E-state index contributed by atoms with van der Waals surface area (Å²) in [5, 5.41) is 0.753. The van der Waals surface area contributed by atoms with Crippen LogP contribution in [0.5, 0.6) is 5.75 Å². The van der Waals surface area contributed by atoms with Gasteiger partial charge in [0.2, 0.25) is 0 Å². The van der Waals surface area contributed by atoms with Crippen molar-refractivity contribution in [2.24, 2.45) is 0 Å². The van der Waals surface area contributed by atoms with Crippen LogP contribution in [0.3, 0.4) is 0 Å². The first-order chi connectivity index (χ1) is 12.7. The molecule has 3 aromatic carbocycles. The van der Waals surface area contributed by atoms with Crippen molar-refractivity contribution in [2.75, 3.05) is 7.11 Å². The van der Waals surface area contributed by atoms with Gasteiger partial charge in [-0.05, 0) is 47.5 Å². The number of nitrogens with zero attached hydrogens (tertiary/aromatic N) is 2. The zero-order valence-corrected chi connectivity index (χ0v) is 15.3. The molecule has 4 heteroatoms. The number of halogens is 1. The van der Waals surface area contributed by atoms with Gasteiger partial charge in [0.05, 0.1) is 18.1 Å². The zero-order valence-electron chi connectivity index (χ0n) is 14.5. The van der Waals surface area contributed by atoms with Crippen LogP contribution < -0.4 is 4.74 Å². The summed E-state index contributed by atoms with van der Waals surface area (Å²) in [5.41, 5.74) is 4.51. The first kappa shape index (κ1) is 16.7. The predicted molar refractivity (Wildman–Crippen MR) is 106 cm³/mol. The van der Waals surface area contributed by atoms with Gasteiger partial charge in [0.1, 0.15) is 11.6 Å². The Hall–Kier alpha value is -2.78. The third-order valence-corrected chi connectivity index (χ3v) is 4.72. The molecule has 0 unspecified atom stereocenters. The van der Waals surface area contributed by atoms with Gasteiger partial charge in [-0.15, -0.1) is 0 Å². The Morgan fingerprint density at radius 1 is 0.923 bits per heavy atom. The Balaban J connectivity index is 1.73. The summed E-state index contributed by atoms with van der Waals surface area (Å²) >= 11 is 6.16. The molecule has 0 saturated carbocycles. The molecule has 0 atom stereocenters. The standard InChI is InChI=1S/C22H19ClN2O/c1-26-19-11-9-16(10-12-19)14-22-24-20-7-2-3-8-21(20)25(22)15-17-5-4-6-18(23)13-17/h2-13H,14-15H2,1H3. The average Bonchev–Trinajstić information content (AvgIpc) is 3.00. The average molecular weight is 363 g/mol. The van der Waals surface area contributed by atoms with Crippen LogP contribution in [-0.4, -0.2) is 16.7 Å². The fourth-order valence-corrected chi connectivity index (χ4v) is 3.39. The van der Waals surface area contributed by atoms with Crippen molar-refractivity contribution in [3.8, 4) is 5.75 Å². The van der Waals surface area contributed by atoms with Crippen molar-refractivity contribution in [3.63, 3.8) is 0 Å². The van der Waals surface area contributed by atoms with E-state index in [1.807, 2.05) is 36.4 Å². The third kappa shape index (κ3) is 3.44. The fraction of sp³-hybridized carbons (Fsp3) is 0.136. The highest BCUT2D eigenvalue weighted by Crippen LogP contribution is 2.22. The van der Waals surface area contributed by atoms with Gasteiger partial charge in [-0.2, -0.15) is 0 Å². The van der Waals surface area contributed by atoms with Crippen molar-refractivity contribution in [1.29, 1.82) is 0 Å². The maximum absolute atomic E-state index is 6.16. The van der Waals surface area contributed by atoms with Crippen LogP contribution in [0.4, 0.5) is 0 Å². The van der Waals surface area contributed by atoms with Gasteiger partial charge in [-0.25, -0.2) is 4.98 Å². The Kier molecular flexibility index (Phi) is 4.63. The SMILES string of the molecule is COc1ccc(Cc2nc3ccccc3n2Cc2cccc(Cl)c2)cc1. The molecule has 3 nitrogen and oxygen atoms in total. The van der Waals surface area contributed by atoms with E-state index in [4.69, 9.17) is 21.3 Å². The smallest absolute Gasteiger partial charge is 0.118 e. The summed E-state index contributed by atoms with van der Waals surface area (Å²) in [4.78, 5) is 4.87. The lowest BCUT2D eigenvalue weighted by Crippen LogP contribution is -2.06. The molecule has 0 bridgehead atoms. The Morgan fingerprint density at radius 2 is 1.73 bits per heavy atom. The second-order valence-corrected chi connectivity index (χ2v) is 6.69. The summed E-state index contributed by atoms with van der Waals surface area (Å²) in [5.74, 6) is 1.90. The second-order valence-electron chi connectivity index (χ2n) is 6.26. The molecule has 0 spiro atoms. The van der Waals surface area contributed by atoms with Crippen LogP contribution in [0.1, 0.15) is 17.0 Å². The summed E-state index contributed by atoms with van der Waals surface area (Å²) in [6.07, 6.45) is 0.763. The van der Waals surface area contributed by atoms with E-state index < -0.39 is 0 Å². The summed E-state index contributed by atoms with van der Waals surface area (Å²) in [6, 6.07) is 24.4. The molecule has 26 heavy (non-hydrogen) atoms. The molecule has 0 radical (unpaired) electrons. The molecule has 4 aromatic rings. The van der Waals surface area contributed by atoms with Crippen LogP contribution in [0.15, 0.2) is 72.8 Å². The number of hydrogen-bond acceptors (Lipinski definition) is 2. The molecule has 0 amide bonds. The largest absolute Gasteiger partial charge is 0.497 e. The molecule has 0 aliphatic carbocycles. The zero-order chi connectivity index (χ0) is 17.9. The molecular formula is C22H19ClN2O. The summed E-state index contributed by atoms with van der Waals surface area (Å²) < 4.78 is 7.52. The van der Waals surface area contributed by atoms with Crippen LogP contribution >= 0.6 is 11.6 Å². The maximum atomic E-state index is 6.16. The van der Waals surface area contributed by atoms with Crippen LogP contribution in [0.2, 0.25) is 5.02 Å². The number of methoxy groups -OCH3 is 1. The molecule has 1 aromatic heterocycles. The first-order valence-corrected chi connectivity index (χ1v) is 8.92. The van der Waals surface area contributed by atoms with Crippen molar-refractivity contribution < 1.29 is 4.74 Å². The van der Waals surface area contributed by atoms with E-state index in [1.165, 1.54) is 5.56 Å². The van der Waals surface area contributed by atoms with Crippen molar-refractivity contribution in [2.45, 2.75) is 13.0 Å². The monoisotopic (exact) mass is 362 g/mol. The summed E-state index contributed by atoms with van der Waals surface area (Å²) in [7, 11) is 1.68. The number of hydrogen-bond donors (Lipinski definition) is 0. The van der Waals surface area contributed by atoms with Gasteiger partial charge in [0, 0.05) is 18.0 Å². The Labute approximate surface area is 157 Å². The lowest BCUT2D eigenvalue weighted by molar-refractivity contribution is 0.414. The molecule has 130 valence electrons. The van der Waals surface area contributed by atoms with E-state index in [0.717, 1.165) is 46.2 Å². The highest BCUT2D eigenvalue weighted by atomic mass is 35.5. The van der Waals surface area contributed by atoms with Crippen molar-refractivity contribution >= 4 is 22.6 Å². The first-order valence-electron chi connectivity index (χ1n) is 8.54. The molecule has 0 fully saturated rings. The van der Waals surface area contributed by atoms with Gasteiger partial charge in [-0.3, -0.25) is 0 Å². The number of para-hydroxylation sites is 2. The lowest BCUT2D eigenvalue weighted by Gasteiger charge is -2.10. The topological polar surface area (TPSA) is 27.1 Å². The molecule has 0 aliphatic heterocycles. The maximum Gasteiger partial charge on any atom is 0.118 e. The number of ether oxygens (including phenoxy) is 1. The highest BCUT2D eigenvalue weighted by Gasteiger charge is 2.12. The number of fused-ring (bicyclic) bond motifs is 1. The molecule has 1 heterocycles. The third-order valence-electron chi connectivity index (χ3n) is 4.48. The van der Waals surface area contributed by atoms with Crippen molar-refractivity contribution in [1.82, 2.24) is 9.55 Å². The van der Waals surface area contributed by atoms with Gasteiger partial charge in [-0.1, -0.05) is 48.0 Å². The van der Waals surface area contributed by atoms with Crippen molar-refractivity contribution in [3.05, 3.63) is 94.8 Å².